The van der Waals surface area contributed by atoms with E-state index >= 15 is 0 Å². The number of carbonyl (C=O) groups is 2. The molecule has 1 aliphatic rings. The number of aliphatic carboxylic acids is 1. The van der Waals surface area contributed by atoms with Crippen molar-refractivity contribution in [2.45, 2.75) is 47.5 Å². The number of carbonyl (C=O) groups excluding carboxylic acids is 1. The minimum Gasteiger partial charge on any atom is -0.478 e. The van der Waals surface area contributed by atoms with E-state index in [-0.39, 0.29) is 17.1 Å². The van der Waals surface area contributed by atoms with Crippen molar-refractivity contribution in [2.24, 2.45) is 11.3 Å². The van der Waals surface area contributed by atoms with Crippen LogP contribution in [0.1, 0.15) is 47.5 Å². The second kappa shape index (κ2) is 9.33. The van der Waals surface area contributed by atoms with Crippen molar-refractivity contribution >= 4 is 11.8 Å². The molecule has 0 heterocycles. The number of carboxylic acid groups (broad SMARTS) is 1. The summed E-state index contributed by atoms with van der Waals surface area (Å²) in [6.07, 6.45) is 14.1. The van der Waals surface area contributed by atoms with Crippen LogP contribution >= 0.6 is 0 Å². The highest BCUT2D eigenvalue weighted by Gasteiger charge is 2.36. The average Bonchev–Trinajstić information content (AvgIpc) is 2.51. The molecule has 1 N–H and O–H groups in total. The van der Waals surface area contributed by atoms with Gasteiger partial charge in [-0.2, -0.15) is 0 Å². The lowest BCUT2D eigenvalue weighted by Gasteiger charge is -2.36. The van der Waals surface area contributed by atoms with Gasteiger partial charge in [-0.15, -0.1) is 6.58 Å². The van der Waals surface area contributed by atoms with E-state index in [9.17, 15) is 9.59 Å². The fourth-order valence-corrected chi connectivity index (χ4v) is 3.37. The van der Waals surface area contributed by atoms with E-state index in [1.54, 1.807) is 13.0 Å². The van der Waals surface area contributed by atoms with Gasteiger partial charge in [-0.05, 0) is 55.7 Å². The molecule has 0 radical (unpaired) electrons. The monoisotopic (exact) mass is 354 g/mol. The summed E-state index contributed by atoms with van der Waals surface area (Å²) < 4.78 is 0. The summed E-state index contributed by atoms with van der Waals surface area (Å²) in [5.41, 5.74) is 3.57. The zero-order chi connectivity index (χ0) is 19.9. The summed E-state index contributed by atoms with van der Waals surface area (Å²) in [6.45, 7) is 13.8. The molecule has 1 aliphatic carbocycles. The van der Waals surface area contributed by atoms with Gasteiger partial charge in [-0.1, -0.05) is 55.9 Å². The molecule has 0 spiro atoms. The lowest BCUT2D eigenvalue weighted by molar-refractivity contribution is -0.131. The van der Waals surface area contributed by atoms with E-state index in [1.165, 1.54) is 6.08 Å². The SMILES string of the molecule is C=CC[C@@H]1CC(C)(C)C(/C=C/C(C)=C/C=C/C(C)=C/C(=O)O)=C(C)C1=O. The minimum absolute atomic E-state index is 0.0308. The maximum Gasteiger partial charge on any atom is 0.328 e. The van der Waals surface area contributed by atoms with Gasteiger partial charge in [0.25, 0.3) is 0 Å². The third-order valence-corrected chi connectivity index (χ3v) is 4.66. The van der Waals surface area contributed by atoms with Gasteiger partial charge in [0, 0.05) is 12.0 Å². The Morgan fingerprint density at radius 2 is 1.92 bits per heavy atom. The largest absolute Gasteiger partial charge is 0.478 e. The van der Waals surface area contributed by atoms with Crippen molar-refractivity contribution < 1.29 is 14.7 Å². The van der Waals surface area contributed by atoms with Crippen LogP contribution in [0.3, 0.4) is 0 Å². The number of Topliss-reactive ketones (excluding diaryl/α,β-unsaturated/α-hetero) is 1. The van der Waals surface area contributed by atoms with Crippen LogP contribution in [0, 0.1) is 11.3 Å². The Hall–Kier alpha value is -2.42. The van der Waals surface area contributed by atoms with E-state index in [2.05, 4.69) is 20.4 Å². The van der Waals surface area contributed by atoms with Gasteiger partial charge in [0.15, 0.2) is 5.78 Å². The third-order valence-electron chi connectivity index (χ3n) is 4.66. The number of allylic oxidation sites excluding steroid dienone is 10. The summed E-state index contributed by atoms with van der Waals surface area (Å²) in [6, 6.07) is 0. The molecule has 0 saturated heterocycles. The van der Waals surface area contributed by atoms with E-state index in [4.69, 9.17) is 5.11 Å². The maximum absolute atomic E-state index is 12.6. The van der Waals surface area contributed by atoms with Gasteiger partial charge in [0.1, 0.15) is 0 Å². The van der Waals surface area contributed by atoms with Gasteiger partial charge in [-0.3, -0.25) is 4.79 Å². The molecular formula is C23H30O3. The van der Waals surface area contributed by atoms with Crippen molar-refractivity contribution in [3.8, 4) is 0 Å². The van der Waals surface area contributed by atoms with Crippen LogP contribution in [0.5, 0.6) is 0 Å². The fraction of sp³-hybridized carbons (Fsp3) is 0.391. The molecule has 0 unspecified atom stereocenters. The van der Waals surface area contributed by atoms with E-state index in [0.29, 0.717) is 5.57 Å². The lowest BCUT2D eigenvalue weighted by Crippen LogP contribution is -2.32. The molecule has 0 fully saturated rings. The molecule has 3 nitrogen and oxygen atoms in total. The van der Waals surface area contributed by atoms with Gasteiger partial charge >= 0.3 is 5.97 Å². The van der Waals surface area contributed by atoms with Crippen LogP contribution in [0.25, 0.3) is 0 Å². The second-order valence-corrected chi connectivity index (χ2v) is 7.54. The van der Waals surface area contributed by atoms with Gasteiger partial charge in [0.05, 0.1) is 0 Å². The minimum atomic E-state index is -0.950. The first-order valence-electron chi connectivity index (χ1n) is 8.89. The maximum atomic E-state index is 12.6. The molecule has 0 saturated carbocycles. The Kier molecular flexibility index (Phi) is 7.76. The summed E-state index contributed by atoms with van der Waals surface area (Å²) in [5, 5.41) is 8.69. The number of carboxylic acids is 1. The standard InChI is InChI=1S/C23H30O3/c1-7-9-19-15-23(5,6)20(18(4)22(19)26)13-12-16(2)10-8-11-17(3)14-21(24)25/h7-8,10-14,19H,1,9,15H2,2-6H3,(H,24,25)/b11-8+,13-12+,16-10+,17-14+/t19-/m1/s1. The molecule has 1 atom stereocenters. The molecule has 1 rings (SSSR count). The van der Waals surface area contributed by atoms with Crippen LogP contribution < -0.4 is 0 Å². The van der Waals surface area contributed by atoms with Crippen molar-refractivity contribution in [2.75, 3.05) is 0 Å². The molecule has 26 heavy (non-hydrogen) atoms. The van der Waals surface area contributed by atoms with Crippen LogP contribution in [-0.4, -0.2) is 16.9 Å². The molecule has 0 amide bonds. The topological polar surface area (TPSA) is 54.4 Å². The number of ketones is 1. The highest BCUT2D eigenvalue weighted by molar-refractivity contribution is 5.99. The van der Waals surface area contributed by atoms with Crippen molar-refractivity contribution in [1.29, 1.82) is 0 Å². The normalized spacial score (nSPS) is 21.7. The van der Waals surface area contributed by atoms with E-state index in [1.807, 2.05) is 44.2 Å². The van der Waals surface area contributed by atoms with Gasteiger partial charge < -0.3 is 5.11 Å². The Morgan fingerprint density at radius 3 is 2.50 bits per heavy atom. The number of hydrogen-bond donors (Lipinski definition) is 1. The van der Waals surface area contributed by atoms with Gasteiger partial charge in [-0.25, -0.2) is 4.79 Å². The fourth-order valence-electron chi connectivity index (χ4n) is 3.37. The van der Waals surface area contributed by atoms with E-state index in [0.717, 1.165) is 29.6 Å². The number of rotatable bonds is 7. The summed E-state index contributed by atoms with van der Waals surface area (Å²) in [7, 11) is 0. The number of hydrogen-bond acceptors (Lipinski definition) is 2. The lowest BCUT2D eigenvalue weighted by atomic mass is 9.67. The first kappa shape index (κ1) is 21.6. The molecule has 0 bridgehead atoms. The molecule has 140 valence electrons. The summed E-state index contributed by atoms with van der Waals surface area (Å²) >= 11 is 0. The Balaban J connectivity index is 2.99. The second-order valence-electron chi connectivity index (χ2n) is 7.54. The zero-order valence-corrected chi connectivity index (χ0v) is 16.5. The highest BCUT2D eigenvalue weighted by atomic mass is 16.4. The zero-order valence-electron chi connectivity index (χ0n) is 16.5. The molecule has 0 aromatic carbocycles. The first-order chi connectivity index (χ1) is 12.1. The van der Waals surface area contributed by atoms with Crippen LogP contribution in [-0.2, 0) is 9.59 Å². The highest BCUT2D eigenvalue weighted by Crippen LogP contribution is 2.43. The van der Waals surface area contributed by atoms with Crippen molar-refractivity contribution in [1.82, 2.24) is 0 Å². The predicted molar refractivity (Wildman–Crippen MR) is 108 cm³/mol. The molecular weight excluding hydrogens is 324 g/mol. The Labute approximate surface area is 157 Å². The van der Waals surface area contributed by atoms with Gasteiger partial charge in [0.2, 0.25) is 0 Å². The van der Waals surface area contributed by atoms with E-state index < -0.39 is 5.97 Å². The Bertz CT molecular complexity index is 725. The Morgan fingerprint density at radius 1 is 1.27 bits per heavy atom. The average molecular weight is 354 g/mol. The molecule has 3 heteroatoms. The quantitative estimate of drug-likeness (QED) is 0.369. The van der Waals surface area contributed by atoms with Crippen molar-refractivity contribution in [3.05, 3.63) is 71.4 Å². The van der Waals surface area contributed by atoms with Crippen molar-refractivity contribution in [3.63, 3.8) is 0 Å². The molecule has 0 aromatic heterocycles. The third kappa shape index (κ3) is 6.14. The summed E-state index contributed by atoms with van der Waals surface area (Å²) in [5.74, 6) is -0.697. The van der Waals surface area contributed by atoms with Crippen LogP contribution in [0.15, 0.2) is 71.4 Å². The smallest absolute Gasteiger partial charge is 0.328 e. The first-order valence-corrected chi connectivity index (χ1v) is 8.89. The van der Waals surface area contributed by atoms with Crippen LogP contribution in [0.4, 0.5) is 0 Å². The molecule has 0 aliphatic heterocycles. The predicted octanol–water partition coefficient (Wildman–Crippen LogP) is 5.58. The van der Waals surface area contributed by atoms with Crippen LogP contribution in [0.2, 0.25) is 0 Å². The summed E-state index contributed by atoms with van der Waals surface area (Å²) in [4.78, 5) is 23.2. The molecule has 0 aromatic rings.